The van der Waals surface area contributed by atoms with E-state index in [-0.39, 0.29) is 5.41 Å². The summed E-state index contributed by atoms with van der Waals surface area (Å²) in [7, 11) is 1.63. The van der Waals surface area contributed by atoms with Crippen LogP contribution in [0.3, 0.4) is 0 Å². The van der Waals surface area contributed by atoms with Crippen LogP contribution in [0, 0.1) is 10.6 Å². The molecular formula is C20H21N3O2. The lowest BCUT2D eigenvalue weighted by molar-refractivity contribution is -0.358. The molecule has 0 radical (unpaired) electrons. The van der Waals surface area contributed by atoms with Crippen LogP contribution in [0.2, 0.25) is 0 Å². The second kappa shape index (κ2) is 5.62. The van der Waals surface area contributed by atoms with Gasteiger partial charge in [-0.05, 0) is 30.3 Å². The highest BCUT2D eigenvalue weighted by molar-refractivity contribution is 6.51. The first-order chi connectivity index (χ1) is 12.0. The first kappa shape index (κ1) is 15.7. The van der Waals surface area contributed by atoms with Crippen LogP contribution in [0.5, 0.6) is 5.75 Å². The molecule has 4 rings (SSSR count). The number of hydrogen-bond donors (Lipinski definition) is 0. The molecule has 5 nitrogen and oxygen atoms in total. The Morgan fingerprint density at radius 1 is 1.12 bits per heavy atom. The van der Waals surface area contributed by atoms with Gasteiger partial charge in [-0.3, -0.25) is 4.99 Å². The number of benzene rings is 2. The Bertz CT molecular complexity index is 882. The fourth-order valence-corrected chi connectivity index (χ4v) is 3.40. The van der Waals surface area contributed by atoms with Gasteiger partial charge in [0.05, 0.1) is 12.7 Å². The zero-order chi connectivity index (χ0) is 17.6. The van der Waals surface area contributed by atoms with Crippen molar-refractivity contribution in [1.29, 1.82) is 0 Å². The van der Waals surface area contributed by atoms with Crippen LogP contribution in [0.4, 0.5) is 11.4 Å². The zero-order valence-corrected chi connectivity index (χ0v) is 14.7. The number of hydrogen-bond acceptors (Lipinski definition) is 4. The number of anilines is 1. The molecule has 128 valence electrons. The molecule has 0 aliphatic carbocycles. The smallest absolute Gasteiger partial charge is 0.267 e. The van der Waals surface area contributed by atoms with Gasteiger partial charge in [0.25, 0.3) is 5.71 Å². The molecule has 0 amide bonds. The third-order valence-electron chi connectivity index (χ3n) is 4.67. The van der Waals surface area contributed by atoms with E-state index in [4.69, 9.17) is 9.73 Å². The maximum Gasteiger partial charge on any atom is 0.267 e. The number of ether oxygens (including phenoxy) is 1. The summed E-state index contributed by atoms with van der Waals surface area (Å²) in [6.07, 6.45) is 0. The van der Waals surface area contributed by atoms with Gasteiger partial charge in [0, 0.05) is 24.6 Å². The van der Waals surface area contributed by atoms with E-state index < -0.39 is 0 Å². The molecule has 25 heavy (non-hydrogen) atoms. The van der Waals surface area contributed by atoms with Crippen LogP contribution in [0.25, 0.3) is 0 Å². The Hall–Kier alpha value is -2.82. The van der Waals surface area contributed by atoms with Gasteiger partial charge in [0.2, 0.25) is 11.5 Å². The molecule has 0 aromatic heterocycles. The fraction of sp³-hybridized carbons (Fsp3) is 0.300. The van der Waals surface area contributed by atoms with Crippen molar-refractivity contribution >= 4 is 22.9 Å². The van der Waals surface area contributed by atoms with Crippen molar-refractivity contribution in [2.24, 2.45) is 10.4 Å². The van der Waals surface area contributed by atoms with Gasteiger partial charge in [0.1, 0.15) is 11.4 Å². The Balaban J connectivity index is 1.93. The quantitative estimate of drug-likeness (QED) is 0.622. The molecule has 2 aromatic carbocycles. The standard InChI is InChI=1S/C20H21N3O2/c1-20(2)12-21-19-18(14-8-10-15(25-3)11-9-14)23(24)17-7-5-4-6-16(17)22(19)13-20/h4-11H,12-13H2,1-3H3. The van der Waals surface area contributed by atoms with Crippen LogP contribution in [0.1, 0.15) is 19.4 Å². The Labute approximate surface area is 147 Å². The zero-order valence-electron chi connectivity index (χ0n) is 14.7. The second-order valence-electron chi connectivity index (χ2n) is 7.25. The molecule has 0 spiro atoms. The van der Waals surface area contributed by atoms with Gasteiger partial charge in [-0.1, -0.05) is 26.0 Å². The van der Waals surface area contributed by atoms with Gasteiger partial charge in [-0.2, -0.15) is 4.74 Å². The minimum Gasteiger partial charge on any atom is -0.618 e. The van der Waals surface area contributed by atoms with Crippen molar-refractivity contribution < 1.29 is 9.48 Å². The van der Waals surface area contributed by atoms with Gasteiger partial charge in [0.15, 0.2) is 0 Å². The average molecular weight is 335 g/mol. The van der Waals surface area contributed by atoms with Crippen molar-refractivity contribution in [3.05, 3.63) is 59.3 Å². The second-order valence-corrected chi connectivity index (χ2v) is 7.25. The highest BCUT2D eigenvalue weighted by Crippen LogP contribution is 2.37. The summed E-state index contributed by atoms with van der Waals surface area (Å²) in [6, 6.07) is 15.3. The van der Waals surface area contributed by atoms with Crippen LogP contribution < -0.4 is 9.64 Å². The number of aliphatic imine (C=N–C) groups is 1. The third kappa shape index (κ3) is 2.56. The first-order valence-electron chi connectivity index (χ1n) is 8.40. The predicted molar refractivity (Wildman–Crippen MR) is 100 cm³/mol. The van der Waals surface area contributed by atoms with Crippen LogP contribution in [0.15, 0.2) is 53.5 Å². The van der Waals surface area contributed by atoms with E-state index in [9.17, 15) is 5.21 Å². The minimum atomic E-state index is 0.0622. The molecule has 0 atom stereocenters. The summed E-state index contributed by atoms with van der Waals surface area (Å²) in [5.74, 6) is 1.51. The summed E-state index contributed by atoms with van der Waals surface area (Å²) in [6.45, 7) is 5.93. The number of fused-ring (bicyclic) bond motifs is 3. The lowest BCUT2D eigenvalue weighted by Gasteiger charge is -2.40. The average Bonchev–Trinajstić information content (AvgIpc) is 2.62. The van der Waals surface area contributed by atoms with E-state index in [1.807, 2.05) is 48.5 Å². The molecule has 0 N–H and O–H groups in total. The van der Waals surface area contributed by atoms with Gasteiger partial charge in [-0.15, -0.1) is 0 Å². The highest BCUT2D eigenvalue weighted by atomic mass is 16.5. The molecule has 0 saturated carbocycles. The number of nitrogens with zero attached hydrogens (tertiary/aromatic N) is 3. The van der Waals surface area contributed by atoms with Gasteiger partial charge < -0.3 is 14.8 Å². The first-order valence-corrected chi connectivity index (χ1v) is 8.40. The fourth-order valence-electron chi connectivity index (χ4n) is 3.40. The van der Waals surface area contributed by atoms with E-state index in [2.05, 4.69) is 18.7 Å². The molecule has 2 heterocycles. The molecule has 0 saturated heterocycles. The van der Waals surface area contributed by atoms with Crippen molar-refractivity contribution in [3.8, 4) is 5.75 Å². The molecule has 2 aliphatic rings. The van der Waals surface area contributed by atoms with Crippen LogP contribution in [-0.4, -0.2) is 36.5 Å². The number of para-hydroxylation sites is 2. The number of rotatable bonds is 2. The van der Waals surface area contributed by atoms with Crippen LogP contribution >= 0.6 is 0 Å². The highest BCUT2D eigenvalue weighted by Gasteiger charge is 2.40. The molecule has 2 aromatic rings. The maximum absolute atomic E-state index is 13.1. The predicted octanol–water partition coefficient (Wildman–Crippen LogP) is 3.58. The summed E-state index contributed by atoms with van der Waals surface area (Å²) in [5.41, 5.74) is 3.07. The molecule has 0 fully saturated rings. The van der Waals surface area contributed by atoms with E-state index in [0.717, 1.165) is 34.1 Å². The van der Waals surface area contributed by atoms with Gasteiger partial charge in [-0.25, -0.2) is 0 Å². The SMILES string of the molecule is COc1ccc(C2=[N+]([O-])c3ccccc3N3CC(C)(C)CN=C23)cc1. The summed E-state index contributed by atoms with van der Waals surface area (Å²) >= 11 is 0. The monoisotopic (exact) mass is 335 g/mol. The normalized spacial score (nSPS) is 18.4. The summed E-state index contributed by atoms with van der Waals surface area (Å²) < 4.78 is 6.24. The van der Waals surface area contributed by atoms with Crippen molar-refractivity contribution in [3.63, 3.8) is 0 Å². The molecule has 2 aliphatic heterocycles. The van der Waals surface area contributed by atoms with Crippen molar-refractivity contribution in [2.75, 3.05) is 25.1 Å². The Morgan fingerprint density at radius 2 is 1.84 bits per heavy atom. The summed E-state index contributed by atoms with van der Waals surface area (Å²) in [5, 5.41) is 13.1. The maximum atomic E-state index is 13.1. The van der Waals surface area contributed by atoms with Gasteiger partial charge >= 0.3 is 0 Å². The van der Waals surface area contributed by atoms with Crippen molar-refractivity contribution in [2.45, 2.75) is 13.8 Å². The van der Waals surface area contributed by atoms with E-state index in [0.29, 0.717) is 17.9 Å². The number of methoxy groups -OCH3 is 1. The van der Waals surface area contributed by atoms with E-state index in [1.165, 1.54) is 0 Å². The molecular weight excluding hydrogens is 314 g/mol. The van der Waals surface area contributed by atoms with Crippen LogP contribution in [-0.2, 0) is 0 Å². The van der Waals surface area contributed by atoms with E-state index in [1.54, 1.807) is 7.11 Å². The number of amidine groups is 1. The lowest BCUT2D eigenvalue weighted by atomic mass is 9.89. The lowest BCUT2D eigenvalue weighted by Crippen LogP contribution is -2.51. The minimum absolute atomic E-state index is 0.0622. The Kier molecular flexibility index (Phi) is 3.53. The molecule has 0 bridgehead atoms. The van der Waals surface area contributed by atoms with Crippen molar-refractivity contribution in [1.82, 2.24) is 0 Å². The topological polar surface area (TPSA) is 50.9 Å². The third-order valence-corrected chi connectivity index (χ3v) is 4.67. The molecule has 5 heteroatoms. The summed E-state index contributed by atoms with van der Waals surface area (Å²) in [4.78, 5) is 6.96. The largest absolute Gasteiger partial charge is 0.618 e. The Morgan fingerprint density at radius 3 is 2.56 bits per heavy atom. The van der Waals surface area contributed by atoms with E-state index >= 15 is 0 Å². The molecule has 0 unspecified atom stereocenters.